The minimum absolute atomic E-state index is 0.146. The van der Waals surface area contributed by atoms with Crippen molar-refractivity contribution < 1.29 is 19.1 Å². The second kappa shape index (κ2) is 9.98. The molecule has 2 aromatic rings. The molecule has 1 heterocycles. The lowest BCUT2D eigenvalue weighted by Crippen LogP contribution is -2.41. The Bertz CT molecular complexity index is 915. The van der Waals surface area contributed by atoms with Gasteiger partial charge in [0.1, 0.15) is 11.4 Å². The van der Waals surface area contributed by atoms with Crippen LogP contribution in [0, 0.1) is 5.92 Å². The first kappa shape index (κ1) is 22.8. The van der Waals surface area contributed by atoms with Crippen LogP contribution >= 0.6 is 0 Å². The number of alkyl carbamates (subject to hydrolysis) is 1. The van der Waals surface area contributed by atoms with Gasteiger partial charge in [-0.1, -0.05) is 0 Å². The van der Waals surface area contributed by atoms with E-state index in [1.165, 1.54) is 0 Å². The Morgan fingerprint density at radius 2 is 1.97 bits per heavy atom. The summed E-state index contributed by atoms with van der Waals surface area (Å²) >= 11 is 0. The van der Waals surface area contributed by atoms with Gasteiger partial charge in [0.2, 0.25) is 0 Å². The Morgan fingerprint density at radius 3 is 2.61 bits per heavy atom. The van der Waals surface area contributed by atoms with Crippen molar-refractivity contribution in [3.8, 4) is 5.75 Å². The van der Waals surface area contributed by atoms with Gasteiger partial charge in [0, 0.05) is 24.2 Å². The molecular weight excluding hydrogens is 394 g/mol. The standard InChI is InChI=1S/C24H33N3O4/c1-5-30-19-10-11-21-20(12-19)22(17(15-28)14-25-21)26-13-16-6-8-18(9-7-16)27-23(29)31-24(2,3)4/h10-12,14-16,18H,5-9,13H2,1-4H3,(H,25,26)(H,27,29). The van der Waals surface area contributed by atoms with Gasteiger partial charge in [-0.15, -0.1) is 0 Å². The molecule has 0 spiro atoms. The molecule has 0 unspecified atom stereocenters. The van der Waals surface area contributed by atoms with E-state index in [1.807, 2.05) is 45.9 Å². The third-order valence-electron chi connectivity index (χ3n) is 5.44. The maximum Gasteiger partial charge on any atom is 0.407 e. The second-order valence-corrected chi connectivity index (χ2v) is 9.06. The highest BCUT2D eigenvalue weighted by Gasteiger charge is 2.25. The molecule has 1 aromatic carbocycles. The molecule has 7 heteroatoms. The maximum atomic E-state index is 12.0. The number of hydrogen-bond acceptors (Lipinski definition) is 6. The fraction of sp³-hybridized carbons (Fsp3) is 0.542. The first-order valence-corrected chi connectivity index (χ1v) is 11.0. The van der Waals surface area contributed by atoms with Crippen molar-refractivity contribution in [2.45, 2.75) is 65.0 Å². The molecule has 168 valence electrons. The highest BCUT2D eigenvalue weighted by atomic mass is 16.6. The van der Waals surface area contributed by atoms with E-state index in [1.54, 1.807) is 6.20 Å². The number of anilines is 1. The minimum Gasteiger partial charge on any atom is -0.494 e. The number of benzene rings is 1. The summed E-state index contributed by atoms with van der Waals surface area (Å²) in [6.45, 7) is 8.87. The largest absolute Gasteiger partial charge is 0.494 e. The second-order valence-electron chi connectivity index (χ2n) is 9.06. The van der Waals surface area contributed by atoms with E-state index in [2.05, 4.69) is 15.6 Å². The number of pyridine rings is 1. The highest BCUT2D eigenvalue weighted by Crippen LogP contribution is 2.31. The van der Waals surface area contributed by atoms with Gasteiger partial charge in [0.15, 0.2) is 6.29 Å². The SMILES string of the molecule is CCOc1ccc2ncc(C=O)c(NCC3CCC(NC(=O)OC(C)(C)C)CC3)c2c1. The van der Waals surface area contributed by atoms with Crippen LogP contribution in [-0.4, -0.2) is 42.2 Å². The number of carbonyl (C=O) groups is 2. The molecule has 31 heavy (non-hydrogen) atoms. The number of nitrogens with zero attached hydrogens (tertiary/aromatic N) is 1. The van der Waals surface area contributed by atoms with Crippen molar-refractivity contribution in [2.75, 3.05) is 18.5 Å². The summed E-state index contributed by atoms with van der Waals surface area (Å²) in [5, 5.41) is 7.36. The Hall–Kier alpha value is -2.83. The van der Waals surface area contributed by atoms with Crippen LogP contribution in [0.4, 0.5) is 10.5 Å². The van der Waals surface area contributed by atoms with Crippen molar-refractivity contribution in [1.82, 2.24) is 10.3 Å². The van der Waals surface area contributed by atoms with Crippen LogP contribution in [0.1, 0.15) is 63.7 Å². The van der Waals surface area contributed by atoms with Gasteiger partial charge < -0.3 is 20.1 Å². The van der Waals surface area contributed by atoms with Crippen molar-refractivity contribution >= 4 is 29.0 Å². The lowest BCUT2D eigenvalue weighted by atomic mass is 9.86. The van der Waals surface area contributed by atoms with Crippen LogP contribution in [0.15, 0.2) is 24.4 Å². The van der Waals surface area contributed by atoms with E-state index in [4.69, 9.17) is 9.47 Å². The number of nitrogens with one attached hydrogen (secondary N) is 2. The van der Waals surface area contributed by atoms with Gasteiger partial charge in [-0.3, -0.25) is 9.78 Å². The molecule has 1 aliphatic rings. The number of ether oxygens (including phenoxy) is 2. The average molecular weight is 428 g/mol. The number of fused-ring (bicyclic) bond motifs is 1. The molecule has 1 fully saturated rings. The Balaban J connectivity index is 1.61. The van der Waals surface area contributed by atoms with E-state index < -0.39 is 5.60 Å². The minimum atomic E-state index is -0.489. The third-order valence-corrected chi connectivity index (χ3v) is 5.44. The van der Waals surface area contributed by atoms with Crippen LogP contribution in [0.25, 0.3) is 10.9 Å². The normalized spacial score (nSPS) is 19.0. The number of aromatic nitrogens is 1. The fourth-order valence-electron chi connectivity index (χ4n) is 3.96. The van der Waals surface area contributed by atoms with Crippen molar-refractivity contribution in [3.63, 3.8) is 0 Å². The number of hydrogen-bond donors (Lipinski definition) is 2. The highest BCUT2D eigenvalue weighted by molar-refractivity contribution is 6.00. The molecule has 3 rings (SSSR count). The number of amides is 1. The average Bonchev–Trinajstić information content (AvgIpc) is 2.71. The summed E-state index contributed by atoms with van der Waals surface area (Å²) in [6, 6.07) is 5.88. The van der Waals surface area contributed by atoms with Gasteiger partial charge in [-0.2, -0.15) is 0 Å². The zero-order chi connectivity index (χ0) is 22.4. The summed E-state index contributed by atoms with van der Waals surface area (Å²) in [5.41, 5.74) is 1.68. The summed E-state index contributed by atoms with van der Waals surface area (Å²) in [5.74, 6) is 1.23. The number of aldehydes is 1. The number of rotatable bonds is 7. The van der Waals surface area contributed by atoms with E-state index >= 15 is 0 Å². The Labute approximate surface area is 183 Å². The molecule has 0 radical (unpaired) electrons. The molecule has 1 saturated carbocycles. The predicted octanol–water partition coefficient (Wildman–Crippen LogP) is 4.94. The molecule has 0 atom stereocenters. The molecule has 0 bridgehead atoms. The van der Waals surface area contributed by atoms with Gasteiger partial charge in [0.05, 0.1) is 23.4 Å². The van der Waals surface area contributed by atoms with E-state index in [0.29, 0.717) is 18.1 Å². The smallest absolute Gasteiger partial charge is 0.407 e. The van der Waals surface area contributed by atoms with Crippen LogP contribution in [0.3, 0.4) is 0 Å². The molecule has 1 aliphatic carbocycles. The Kier molecular flexibility index (Phi) is 7.36. The topological polar surface area (TPSA) is 89.5 Å². The first-order valence-electron chi connectivity index (χ1n) is 11.0. The summed E-state index contributed by atoms with van der Waals surface area (Å²) < 4.78 is 11.0. The monoisotopic (exact) mass is 427 g/mol. The summed E-state index contributed by atoms with van der Waals surface area (Å²) in [4.78, 5) is 28.0. The Morgan fingerprint density at radius 1 is 1.23 bits per heavy atom. The van der Waals surface area contributed by atoms with E-state index in [-0.39, 0.29) is 12.1 Å². The lowest BCUT2D eigenvalue weighted by Gasteiger charge is -2.30. The van der Waals surface area contributed by atoms with Crippen LogP contribution in [0.2, 0.25) is 0 Å². The first-order chi connectivity index (χ1) is 14.8. The molecule has 2 N–H and O–H groups in total. The summed E-state index contributed by atoms with van der Waals surface area (Å²) in [6.07, 6.45) is 5.92. The van der Waals surface area contributed by atoms with Gasteiger partial charge in [-0.25, -0.2) is 4.79 Å². The van der Waals surface area contributed by atoms with Crippen LogP contribution < -0.4 is 15.4 Å². The molecule has 0 aliphatic heterocycles. The lowest BCUT2D eigenvalue weighted by molar-refractivity contribution is 0.0488. The van der Waals surface area contributed by atoms with Crippen LogP contribution in [0.5, 0.6) is 5.75 Å². The predicted molar refractivity (Wildman–Crippen MR) is 122 cm³/mol. The zero-order valence-corrected chi connectivity index (χ0v) is 18.9. The molecular formula is C24H33N3O4. The van der Waals surface area contributed by atoms with Crippen molar-refractivity contribution in [1.29, 1.82) is 0 Å². The quantitative estimate of drug-likeness (QED) is 0.608. The molecule has 7 nitrogen and oxygen atoms in total. The van der Waals surface area contributed by atoms with E-state index in [0.717, 1.165) is 60.9 Å². The van der Waals surface area contributed by atoms with E-state index in [9.17, 15) is 9.59 Å². The molecule has 0 saturated heterocycles. The van der Waals surface area contributed by atoms with Gasteiger partial charge in [0.25, 0.3) is 0 Å². The zero-order valence-electron chi connectivity index (χ0n) is 18.9. The fourth-order valence-corrected chi connectivity index (χ4v) is 3.96. The van der Waals surface area contributed by atoms with Crippen molar-refractivity contribution in [2.24, 2.45) is 5.92 Å². The number of carbonyl (C=O) groups excluding carboxylic acids is 2. The maximum absolute atomic E-state index is 12.0. The van der Waals surface area contributed by atoms with Gasteiger partial charge in [-0.05, 0) is 77.5 Å². The van der Waals surface area contributed by atoms with Gasteiger partial charge >= 0.3 is 6.09 Å². The van der Waals surface area contributed by atoms with Crippen LogP contribution in [-0.2, 0) is 4.74 Å². The third kappa shape index (κ3) is 6.32. The molecule has 1 aromatic heterocycles. The molecule has 1 amide bonds. The summed E-state index contributed by atoms with van der Waals surface area (Å²) in [7, 11) is 0. The van der Waals surface area contributed by atoms with Crippen molar-refractivity contribution in [3.05, 3.63) is 30.0 Å².